The standard InChI is InChI=1S/C21H28ClN3O/c1-4-6-8-15-13-21(3,11-7-5-2)14-19(20(15)26)25-23-17-10-9-16(22)12-18(17)24-25/h9-10,12,14,26H,4-8,11,13H2,1-3H3. The second kappa shape index (κ2) is 7.83. The molecule has 1 aliphatic carbocycles. The van der Waals surface area contributed by atoms with Crippen LogP contribution in [0.15, 0.2) is 35.6 Å². The molecule has 1 unspecified atom stereocenters. The van der Waals surface area contributed by atoms with Crippen molar-refractivity contribution < 1.29 is 5.11 Å². The monoisotopic (exact) mass is 373 g/mol. The van der Waals surface area contributed by atoms with Crippen molar-refractivity contribution in [3.05, 3.63) is 40.6 Å². The minimum atomic E-state index is 0.0259. The average molecular weight is 374 g/mol. The van der Waals surface area contributed by atoms with Crippen molar-refractivity contribution in [2.24, 2.45) is 5.41 Å². The number of hydrogen-bond donors (Lipinski definition) is 1. The number of hydrogen-bond acceptors (Lipinski definition) is 3. The Balaban J connectivity index is 2.04. The second-order valence-corrected chi connectivity index (χ2v) is 8.08. The Morgan fingerprint density at radius 3 is 2.62 bits per heavy atom. The number of fused-ring (bicyclic) bond motifs is 1. The molecule has 0 radical (unpaired) electrons. The van der Waals surface area contributed by atoms with Gasteiger partial charge in [-0.2, -0.15) is 0 Å². The van der Waals surface area contributed by atoms with Gasteiger partial charge < -0.3 is 5.11 Å². The molecule has 1 N–H and O–H groups in total. The van der Waals surface area contributed by atoms with Gasteiger partial charge in [0.15, 0.2) is 0 Å². The minimum Gasteiger partial charge on any atom is -0.506 e. The minimum absolute atomic E-state index is 0.0259. The zero-order valence-corrected chi connectivity index (χ0v) is 16.7. The molecule has 0 aliphatic heterocycles. The maximum atomic E-state index is 10.9. The Morgan fingerprint density at radius 2 is 1.88 bits per heavy atom. The second-order valence-electron chi connectivity index (χ2n) is 7.64. The first-order valence-electron chi connectivity index (χ1n) is 9.63. The van der Waals surface area contributed by atoms with Crippen LogP contribution in [0, 0.1) is 5.41 Å². The van der Waals surface area contributed by atoms with Crippen LogP contribution in [0.4, 0.5) is 0 Å². The van der Waals surface area contributed by atoms with Gasteiger partial charge in [0.25, 0.3) is 0 Å². The summed E-state index contributed by atoms with van der Waals surface area (Å²) in [7, 11) is 0. The lowest BCUT2D eigenvalue weighted by Crippen LogP contribution is -2.23. The first kappa shape index (κ1) is 19.0. The van der Waals surface area contributed by atoms with Gasteiger partial charge in [-0.25, -0.2) is 0 Å². The molecule has 1 aromatic heterocycles. The van der Waals surface area contributed by atoms with Crippen molar-refractivity contribution in [1.82, 2.24) is 15.0 Å². The molecule has 140 valence electrons. The van der Waals surface area contributed by atoms with E-state index in [1.54, 1.807) is 10.9 Å². The van der Waals surface area contributed by atoms with Gasteiger partial charge in [0.2, 0.25) is 0 Å². The van der Waals surface area contributed by atoms with Crippen LogP contribution in [0.5, 0.6) is 0 Å². The normalized spacial score (nSPS) is 20.7. The molecule has 2 aromatic rings. The summed E-state index contributed by atoms with van der Waals surface area (Å²) >= 11 is 6.07. The van der Waals surface area contributed by atoms with Gasteiger partial charge in [0.05, 0.1) is 0 Å². The number of aliphatic hydroxyl groups excluding tert-OH is 1. The molecule has 1 aliphatic rings. The van der Waals surface area contributed by atoms with Crippen molar-refractivity contribution in [2.45, 2.75) is 65.7 Å². The van der Waals surface area contributed by atoms with Crippen LogP contribution in [0.25, 0.3) is 16.7 Å². The van der Waals surface area contributed by atoms with Crippen molar-refractivity contribution >= 4 is 28.3 Å². The summed E-state index contributed by atoms with van der Waals surface area (Å²) in [6.45, 7) is 6.67. The quantitative estimate of drug-likeness (QED) is 0.600. The molecule has 1 atom stereocenters. The largest absolute Gasteiger partial charge is 0.506 e. The molecule has 0 spiro atoms. The topological polar surface area (TPSA) is 50.9 Å². The number of unbranched alkanes of at least 4 members (excludes halogenated alkanes) is 2. The molecule has 1 aromatic carbocycles. The first-order valence-corrected chi connectivity index (χ1v) is 10.0. The van der Waals surface area contributed by atoms with E-state index in [0.717, 1.165) is 48.7 Å². The number of allylic oxidation sites excluding steroid dienone is 3. The molecular weight excluding hydrogens is 346 g/mol. The number of halogens is 1. The van der Waals surface area contributed by atoms with Crippen LogP contribution in [0.1, 0.15) is 65.7 Å². The van der Waals surface area contributed by atoms with Gasteiger partial charge in [-0.3, -0.25) is 0 Å². The predicted molar refractivity (Wildman–Crippen MR) is 108 cm³/mol. The van der Waals surface area contributed by atoms with Gasteiger partial charge in [-0.1, -0.05) is 51.6 Å². The number of rotatable bonds is 7. The van der Waals surface area contributed by atoms with Crippen LogP contribution in [-0.4, -0.2) is 20.1 Å². The number of nitrogens with zero attached hydrogens (tertiary/aromatic N) is 3. The third-order valence-electron chi connectivity index (χ3n) is 5.17. The van der Waals surface area contributed by atoms with Crippen LogP contribution < -0.4 is 0 Å². The molecule has 0 saturated carbocycles. The Kier molecular flexibility index (Phi) is 5.71. The maximum Gasteiger partial charge on any atom is 0.142 e. The highest BCUT2D eigenvalue weighted by molar-refractivity contribution is 6.31. The number of aromatic nitrogens is 3. The molecule has 5 heteroatoms. The van der Waals surface area contributed by atoms with Gasteiger partial charge >= 0.3 is 0 Å². The van der Waals surface area contributed by atoms with E-state index >= 15 is 0 Å². The van der Waals surface area contributed by atoms with Crippen LogP contribution in [0.2, 0.25) is 5.02 Å². The smallest absolute Gasteiger partial charge is 0.142 e. The van der Waals surface area contributed by atoms with E-state index in [-0.39, 0.29) is 5.41 Å². The summed E-state index contributed by atoms with van der Waals surface area (Å²) in [5.74, 6) is 0.346. The average Bonchev–Trinajstić information content (AvgIpc) is 3.03. The molecular formula is C21H28ClN3O. The molecule has 0 amide bonds. The molecule has 0 saturated heterocycles. The molecule has 0 bridgehead atoms. The van der Waals surface area contributed by atoms with E-state index in [1.807, 2.05) is 12.1 Å². The van der Waals surface area contributed by atoms with Gasteiger partial charge in [0, 0.05) is 5.02 Å². The Bertz CT molecular complexity index is 852. The van der Waals surface area contributed by atoms with E-state index in [0.29, 0.717) is 16.5 Å². The van der Waals surface area contributed by atoms with Crippen LogP contribution >= 0.6 is 11.6 Å². The Hall–Kier alpha value is -1.81. The molecule has 0 fully saturated rings. The van der Waals surface area contributed by atoms with Crippen molar-refractivity contribution in [3.63, 3.8) is 0 Å². The lowest BCUT2D eigenvalue weighted by Gasteiger charge is -2.33. The maximum absolute atomic E-state index is 10.9. The van der Waals surface area contributed by atoms with Crippen LogP contribution in [0.3, 0.4) is 0 Å². The van der Waals surface area contributed by atoms with E-state index < -0.39 is 0 Å². The van der Waals surface area contributed by atoms with Crippen molar-refractivity contribution in [2.75, 3.05) is 0 Å². The third kappa shape index (κ3) is 3.96. The first-order chi connectivity index (χ1) is 12.5. The zero-order valence-electron chi connectivity index (χ0n) is 15.9. The number of aliphatic hydroxyl groups is 1. The van der Waals surface area contributed by atoms with Gasteiger partial charge in [-0.15, -0.1) is 15.0 Å². The predicted octanol–water partition coefficient (Wildman–Crippen LogP) is 6.53. The molecule has 1 heterocycles. The highest BCUT2D eigenvalue weighted by Gasteiger charge is 2.32. The van der Waals surface area contributed by atoms with Gasteiger partial charge in [0.1, 0.15) is 22.5 Å². The van der Waals surface area contributed by atoms with E-state index in [2.05, 4.69) is 37.0 Å². The summed E-state index contributed by atoms with van der Waals surface area (Å²) in [6, 6.07) is 5.48. The highest BCUT2D eigenvalue weighted by atomic mass is 35.5. The van der Waals surface area contributed by atoms with Crippen molar-refractivity contribution in [1.29, 1.82) is 0 Å². The summed E-state index contributed by atoms with van der Waals surface area (Å²) in [5, 5.41) is 20.7. The molecule has 26 heavy (non-hydrogen) atoms. The fourth-order valence-corrected chi connectivity index (χ4v) is 3.85. The van der Waals surface area contributed by atoms with Crippen LogP contribution in [-0.2, 0) is 0 Å². The summed E-state index contributed by atoms with van der Waals surface area (Å²) < 4.78 is 0. The molecule has 4 nitrogen and oxygen atoms in total. The third-order valence-corrected chi connectivity index (χ3v) is 5.41. The van der Waals surface area contributed by atoms with Gasteiger partial charge in [-0.05, 0) is 60.9 Å². The molecule has 3 rings (SSSR count). The fourth-order valence-electron chi connectivity index (χ4n) is 3.69. The zero-order chi connectivity index (χ0) is 18.7. The Labute approximate surface area is 160 Å². The Morgan fingerprint density at radius 1 is 1.15 bits per heavy atom. The lowest BCUT2D eigenvalue weighted by molar-refractivity contribution is 0.333. The fraction of sp³-hybridized carbons (Fsp3) is 0.524. The SMILES string of the molecule is CCCCC1=C(O)C(n2nc3ccc(Cl)cc3n2)=CC(C)(CCCC)C1. The summed E-state index contributed by atoms with van der Waals surface area (Å²) in [4.78, 5) is 1.58. The summed E-state index contributed by atoms with van der Waals surface area (Å²) in [5.41, 5.74) is 3.37. The van der Waals surface area contributed by atoms with E-state index in [4.69, 9.17) is 11.6 Å². The van der Waals surface area contributed by atoms with E-state index in [9.17, 15) is 5.11 Å². The van der Waals surface area contributed by atoms with E-state index in [1.165, 1.54) is 12.8 Å². The lowest BCUT2D eigenvalue weighted by atomic mass is 9.74. The number of benzene rings is 1. The highest BCUT2D eigenvalue weighted by Crippen LogP contribution is 2.43. The summed E-state index contributed by atoms with van der Waals surface area (Å²) in [6.07, 6.45) is 9.64. The van der Waals surface area contributed by atoms with Crippen molar-refractivity contribution in [3.8, 4) is 0 Å².